The van der Waals surface area contributed by atoms with E-state index in [1.807, 2.05) is 0 Å². The van der Waals surface area contributed by atoms with Crippen LogP contribution in [0.5, 0.6) is 0 Å². The Kier molecular flexibility index (Phi) is 6.06. The number of hydrogen-bond donors (Lipinski definition) is 1. The van der Waals surface area contributed by atoms with Crippen molar-refractivity contribution in [1.82, 2.24) is 4.90 Å². The molecule has 1 fully saturated rings. The number of benzene rings is 1. The van der Waals surface area contributed by atoms with E-state index in [9.17, 15) is 5.11 Å². The Balaban J connectivity index is 2.28. The van der Waals surface area contributed by atoms with E-state index in [1.165, 1.54) is 5.56 Å². The van der Waals surface area contributed by atoms with E-state index < -0.39 is 9.04 Å². The lowest BCUT2D eigenvalue weighted by Crippen LogP contribution is -2.55. The molecule has 0 aromatic heterocycles. The van der Waals surface area contributed by atoms with Crippen molar-refractivity contribution in [3.63, 3.8) is 0 Å². The quantitative estimate of drug-likeness (QED) is 0.805. The molecule has 23 heavy (non-hydrogen) atoms. The van der Waals surface area contributed by atoms with Gasteiger partial charge in [-0.25, -0.2) is 0 Å². The van der Waals surface area contributed by atoms with Crippen LogP contribution >= 0.6 is 0 Å². The third-order valence-electron chi connectivity index (χ3n) is 4.99. The summed E-state index contributed by atoms with van der Waals surface area (Å²) in [6.45, 7) is 12.9. The minimum atomic E-state index is -0.755. The molecular formula is C19H32NO2Si. The summed E-state index contributed by atoms with van der Waals surface area (Å²) in [5.41, 5.74) is 1.26. The Morgan fingerprint density at radius 3 is 2.43 bits per heavy atom. The number of nitrogens with zero attached hydrogens (tertiary/aromatic N) is 1. The van der Waals surface area contributed by atoms with Crippen molar-refractivity contribution in [2.24, 2.45) is 5.41 Å². The molecule has 1 aromatic carbocycles. The second kappa shape index (κ2) is 7.47. The Morgan fingerprint density at radius 1 is 1.26 bits per heavy atom. The number of aliphatic hydroxyl groups excluding tert-OH is 1. The van der Waals surface area contributed by atoms with Gasteiger partial charge in [-0.2, -0.15) is 0 Å². The first-order valence-electron chi connectivity index (χ1n) is 8.63. The molecule has 0 amide bonds. The van der Waals surface area contributed by atoms with Crippen molar-refractivity contribution in [1.29, 1.82) is 0 Å². The molecular weight excluding hydrogens is 302 g/mol. The van der Waals surface area contributed by atoms with Crippen molar-refractivity contribution < 1.29 is 9.53 Å². The lowest BCUT2D eigenvalue weighted by Gasteiger charge is -2.44. The maximum atomic E-state index is 10.3. The van der Waals surface area contributed by atoms with E-state index in [-0.39, 0.29) is 17.6 Å². The molecule has 1 aliphatic heterocycles. The monoisotopic (exact) mass is 334 g/mol. The molecule has 3 nitrogen and oxygen atoms in total. The molecule has 1 aromatic rings. The summed E-state index contributed by atoms with van der Waals surface area (Å²) in [5, 5.41) is 10.3. The van der Waals surface area contributed by atoms with Gasteiger partial charge in [-0.1, -0.05) is 51.1 Å². The third kappa shape index (κ3) is 4.44. The number of aliphatic hydroxyl groups is 1. The van der Waals surface area contributed by atoms with Crippen LogP contribution in [0.1, 0.15) is 39.2 Å². The summed E-state index contributed by atoms with van der Waals surface area (Å²) in [4.78, 5) is 2.52. The van der Waals surface area contributed by atoms with Crippen molar-refractivity contribution >= 4 is 9.04 Å². The average molecular weight is 335 g/mol. The predicted octanol–water partition coefficient (Wildman–Crippen LogP) is 3.70. The van der Waals surface area contributed by atoms with E-state index >= 15 is 0 Å². The Labute approximate surface area is 143 Å². The normalized spacial score (nSPS) is 26.1. The van der Waals surface area contributed by atoms with Gasteiger partial charge in [-0.15, -0.1) is 0 Å². The predicted molar refractivity (Wildman–Crippen MR) is 97.7 cm³/mol. The average Bonchev–Trinajstić information content (AvgIpc) is 2.85. The second-order valence-electron chi connectivity index (χ2n) is 8.11. The Morgan fingerprint density at radius 2 is 1.91 bits per heavy atom. The van der Waals surface area contributed by atoms with E-state index in [1.54, 1.807) is 0 Å². The first kappa shape index (κ1) is 18.7. The highest BCUT2D eigenvalue weighted by Crippen LogP contribution is 2.43. The molecule has 1 N–H and O–H groups in total. The second-order valence-corrected chi connectivity index (χ2v) is 10.2. The minimum Gasteiger partial charge on any atom is -0.415 e. The molecule has 0 bridgehead atoms. The Hall–Kier alpha value is -0.683. The molecule has 0 saturated carbocycles. The summed E-state index contributed by atoms with van der Waals surface area (Å²) in [6.07, 6.45) is 2.13. The first-order chi connectivity index (χ1) is 10.8. The van der Waals surface area contributed by atoms with Gasteiger partial charge in [0, 0.05) is 12.6 Å². The summed E-state index contributed by atoms with van der Waals surface area (Å²) in [5.74, 6) is 0. The maximum Gasteiger partial charge on any atom is 0.205 e. The topological polar surface area (TPSA) is 32.7 Å². The minimum absolute atomic E-state index is 0.168. The van der Waals surface area contributed by atoms with Gasteiger partial charge in [0.25, 0.3) is 0 Å². The van der Waals surface area contributed by atoms with Crippen LogP contribution in [-0.2, 0) is 11.0 Å². The van der Waals surface area contributed by atoms with Gasteiger partial charge in [-0.05, 0) is 36.9 Å². The lowest BCUT2D eigenvalue weighted by molar-refractivity contribution is -0.0222. The highest BCUT2D eigenvalue weighted by atomic mass is 28.3. The van der Waals surface area contributed by atoms with Gasteiger partial charge in [0.2, 0.25) is 9.04 Å². The zero-order valence-electron chi connectivity index (χ0n) is 15.3. The number of likely N-dealkylation sites (tertiary alicyclic amines) is 1. The van der Waals surface area contributed by atoms with Gasteiger partial charge >= 0.3 is 0 Å². The van der Waals surface area contributed by atoms with Crippen molar-refractivity contribution in [2.75, 3.05) is 13.2 Å². The molecule has 2 atom stereocenters. The van der Waals surface area contributed by atoms with Crippen LogP contribution in [0.2, 0.25) is 13.1 Å². The SMILES string of the molecule is C[Si](C)OCC1(CO)CCC(C(C)(C)C)N1Cc1ccccc1. The summed E-state index contributed by atoms with van der Waals surface area (Å²) >= 11 is 0. The van der Waals surface area contributed by atoms with Gasteiger partial charge in [0.1, 0.15) is 0 Å². The summed E-state index contributed by atoms with van der Waals surface area (Å²) < 4.78 is 6.05. The van der Waals surface area contributed by atoms with Crippen molar-refractivity contribution in [3.05, 3.63) is 35.9 Å². The molecule has 1 heterocycles. The smallest absolute Gasteiger partial charge is 0.205 e. The van der Waals surface area contributed by atoms with Crippen LogP contribution < -0.4 is 0 Å². The maximum absolute atomic E-state index is 10.3. The largest absolute Gasteiger partial charge is 0.415 e. The van der Waals surface area contributed by atoms with Crippen LogP contribution in [0.4, 0.5) is 0 Å². The highest BCUT2D eigenvalue weighted by Gasteiger charge is 2.49. The van der Waals surface area contributed by atoms with Crippen LogP contribution in [0.25, 0.3) is 0 Å². The van der Waals surface area contributed by atoms with E-state index in [2.05, 4.69) is 69.1 Å². The Bertz CT molecular complexity index is 486. The standard InChI is InChI=1S/C19H32NO2Si/c1-18(2,3)17-11-12-19(14-21,15-22-23(4)5)20(17)13-16-9-7-6-8-10-16/h6-10,17,21H,11-15H2,1-5H3. The van der Waals surface area contributed by atoms with Crippen LogP contribution in [0.15, 0.2) is 30.3 Å². The van der Waals surface area contributed by atoms with E-state index in [4.69, 9.17) is 4.43 Å². The fraction of sp³-hybridized carbons (Fsp3) is 0.684. The van der Waals surface area contributed by atoms with Gasteiger partial charge in [0.15, 0.2) is 0 Å². The van der Waals surface area contributed by atoms with Crippen LogP contribution in [0, 0.1) is 5.41 Å². The molecule has 1 radical (unpaired) electrons. The summed E-state index contributed by atoms with van der Waals surface area (Å²) in [6, 6.07) is 11.1. The molecule has 4 heteroatoms. The van der Waals surface area contributed by atoms with Crippen molar-refractivity contribution in [3.8, 4) is 0 Å². The summed E-state index contributed by atoms with van der Waals surface area (Å²) in [7, 11) is -0.755. The van der Waals surface area contributed by atoms with E-state index in [0.717, 1.165) is 19.4 Å². The van der Waals surface area contributed by atoms with E-state index in [0.29, 0.717) is 12.6 Å². The molecule has 2 rings (SSSR count). The fourth-order valence-corrected chi connectivity index (χ4v) is 4.20. The fourth-order valence-electron chi connectivity index (χ4n) is 3.64. The number of rotatable bonds is 6. The van der Waals surface area contributed by atoms with Crippen LogP contribution in [-0.4, -0.2) is 43.8 Å². The van der Waals surface area contributed by atoms with Crippen molar-refractivity contribution in [2.45, 2.75) is 64.8 Å². The van der Waals surface area contributed by atoms with Gasteiger partial charge in [0.05, 0.1) is 18.8 Å². The zero-order valence-corrected chi connectivity index (χ0v) is 16.3. The van der Waals surface area contributed by atoms with Gasteiger partial charge < -0.3 is 9.53 Å². The molecule has 129 valence electrons. The molecule has 1 saturated heterocycles. The molecule has 2 unspecified atom stereocenters. The lowest BCUT2D eigenvalue weighted by atomic mass is 9.85. The molecule has 1 aliphatic rings. The molecule has 0 aliphatic carbocycles. The van der Waals surface area contributed by atoms with Gasteiger partial charge in [-0.3, -0.25) is 4.90 Å². The van der Waals surface area contributed by atoms with Crippen LogP contribution in [0.3, 0.4) is 0 Å². The number of hydrogen-bond acceptors (Lipinski definition) is 3. The zero-order chi connectivity index (χ0) is 17.1. The highest BCUT2D eigenvalue weighted by molar-refractivity contribution is 6.48. The first-order valence-corrected chi connectivity index (χ1v) is 11.0. The third-order valence-corrected chi connectivity index (χ3v) is 5.71. The molecule has 0 spiro atoms.